The van der Waals surface area contributed by atoms with E-state index in [2.05, 4.69) is 5.43 Å². The van der Waals surface area contributed by atoms with Crippen molar-refractivity contribution in [1.29, 1.82) is 0 Å². The summed E-state index contributed by atoms with van der Waals surface area (Å²) in [5.41, 5.74) is 3.26. The molecule has 0 radical (unpaired) electrons. The Morgan fingerprint density at radius 3 is 2.23 bits per heavy atom. The molecule has 0 aliphatic carbocycles. The molecule has 4 rings (SSSR count). The number of ether oxygens (including phenoxy) is 1. The number of hydrogen-bond donors (Lipinski definition) is 1. The first-order chi connectivity index (χ1) is 10.6. The molecule has 2 fully saturated rings. The molecule has 1 aromatic rings. The van der Waals surface area contributed by atoms with E-state index in [0.717, 1.165) is 10.6 Å². The monoisotopic (exact) mass is 298 g/mol. The van der Waals surface area contributed by atoms with Gasteiger partial charge in [-0.2, -0.15) is 5.01 Å². The van der Waals surface area contributed by atoms with Crippen LogP contribution < -0.4 is 5.43 Å². The standard InChI is InChI=1S/C16H14N2O4/c19-12(8-9-4-2-1-3-5-9)17-18-15(20)13-10-6-7-11(22-10)14(13)16(18)21/h1-7,10-11,13-14H,8H2,(H,17,19)/t10-,11-,13-,14+/m0/s1. The number of nitrogens with one attached hydrogen (secondary N) is 1. The van der Waals surface area contributed by atoms with E-state index in [-0.39, 0.29) is 36.4 Å². The molecule has 0 saturated carbocycles. The first kappa shape index (κ1) is 13.2. The van der Waals surface area contributed by atoms with Crippen LogP contribution in [0.5, 0.6) is 0 Å². The van der Waals surface area contributed by atoms with Crippen LogP contribution in [0.1, 0.15) is 5.56 Å². The number of carbonyl (C=O) groups excluding carboxylic acids is 3. The highest BCUT2D eigenvalue weighted by Gasteiger charge is 2.61. The quantitative estimate of drug-likeness (QED) is 0.639. The zero-order chi connectivity index (χ0) is 15.3. The molecule has 6 nitrogen and oxygen atoms in total. The van der Waals surface area contributed by atoms with Gasteiger partial charge in [-0.3, -0.25) is 19.8 Å². The molecule has 0 spiro atoms. The van der Waals surface area contributed by atoms with Crippen molar-refractivity contribution in [1.82, 2.24) is 10.4 Å². The van der Waals surface area contributed by atoms with Gasteiger partial charge in [-0.1, -0.05) is 42.5 Å². The third kappa shape index (κ3) is 1.88. The van der Waals surface area contributed by atoms with Gasteiger partial charge in [0.2, 0.25) is 5.91 Å². The van der Waals surface area contributed by atoms with E-state index in [1.165, 1.54) is 0 Å². The van der Waals surface area contributed by atoms with Crippen molar-refractivity contribution in [3.63, 3.8) is 0 Å². The van der Waals surface area contributed by atoms with Gasteiger partial charge in [0.25, 0.3) is 11.8 Å². The van der Waals surface area contributed by atoms with Crippen LogP contribution >= 0.6 is 0 Å². The second-order valence-electron chi connectivity index (χ2n) is 5.71. The molecule has 0 aromatic heterocycles. The highest BCUT2D eigenvalue weighted by Crippen LogP contribution is 2.44. The molecule has 112 valence electrons. The summed E-state index contributed by atoms with van der Waals surface area (Å²) >= 11 is 0. The number of amides is 3. The Bertz CT molecular complexity index is 655. The van der Waals surface area contributed by atoms with E-state index in [1.807, 2.05) is 42.5 Å². The van der Waals surface area contributed by atoms with Crippen LogP contribution in [0.25, 0.3) is 0 Å². The van der Waals surface area contributed by atoms with Crippen molar-refractivity contribution in [3.8, 4) is 0 Å². The zero-order valence-corrected chi connectivity index (χ0v) is 11.6. The van der Waals surface area contributed by atoms with Gasteiger partial charge in [-0.15, -0.1) is 0 Å². The van der Waals surface area contributed by atoms with Crippen LogP contribution in [-0.4, -0.2) is 34.9 Å². The summed E-state index contributed by atoms with van der Waals surface area (Å²) in [7, 11) is 0. The minimum atomic E-state index is -0.500. The molecule has 3 aliphatic rings. The molecule has 3 aliphatic heterocycles. The molecular formula is C16H14N2O4. The predicted octanol–water partition coefficient (Wildman–Crippen LogP) is 0.199. The maximum Gasteiger partial charge on any atom is 0.255 e. The number of hydrogen-bond acceptors (Lipinski definition) is 4. The van der Waals surface area contributed by atoms with Crippen molar-refractivity contribution in [2.75, 3.05) is 0 Å². The largest absolute Gasteiger partial charge is 0.365 e. The summed E-state index contributed by atoms with van der Waals surface area (Å²) in [6.45, 7) is 0. The predicted molar refractivity (Wildman–Crippen MR) is 74.9 cm³/mol. The molecule has 2 bridgehead atoms. The molecule has 3 heterocycles. The van der Waals surface area contributed by atoms with Gasteiger partial charge in [-0.25, -0.2) is 0 Å². The zero-order valence-electron chi connectivity index (χ0n) is 11.6. The van der Waals surface area contributed by atoms with E-state index in [4.69, 9.17) is 4.74 Å². The third-order valence-corrected chi connectivity index (χ3v) is 4.35. The van der Waals surface area contributed by atoms with Gasteiger partial charge in [0.15, 0.2) is 0 Å². The summed E-state index contributed by atoms with van der Waals surface area (Å²) in [5, 5.41) is 0.871. The first-order valence-electron chi connectivity index (χ1n) is 7.20. The highest BCUT2D eigenvalue weighted by molar-refractivity contribution is 6.07. The highest BCUT2D eigenvalue weighted by atomic mass is 16.5. The second-order valence-corrected chi connectivity index (χ2v) is 5.71. The van der Waals surface area contributed by atoms with E-state index >= 15 is 0 Å². The van der Waals surface area contributed by atoms with E-state index in [0.29, 0.717) is 0 Å². The van der Waals surface area contributed by atoms with Gasteiger partial charge in [0, 0.05) is 0 Å². The summed E-state index contributed by atoms with van der Waals surface area (Å²) in [5.74, 6) is -2.14. The van der Waals surface area contributed by atoms with E-state index < -0.39 is 11.8 Å². The fourth-order valence-corrected chi connectivity index (χ4v) is 3.36. The third-order valence-electron chi connectivity index (χ3n) is 4.35. The van der Waals surface area contributed by atoms with Gasteiger partial charge in [0.1, 0.15) is 0 Å². The summed E-state index contributed by atoms with van der Waals surface area (Å²) in [6.07, 6.45) is 3.05. The Morgan fingerprint density at radius 1 is 1.05 bits per heavy atom. The molecular weight excluding hydrogens is 284 g/mol. The fourth-order valence-electron chi connectivity index (χ4n) is 3.36. The smallest absolute Gasteiger partial charge is 0.255 e. The fraction of sp³-hybridized carbons (Fsp3) is 0.312. The molecule has 6 heteroatoms. The van der Waals surface area contributed by atoms with E-state index in [9.17, 15) is 14.4 Å². The molecule has 2 saturated heterocycles. The van der Waals surface area contributed by atoms with Crippen LogP contribution in [0.15, 0.2) is 42.5 Å². The lowest BCUT2D eigenvalue weighted by atomic mass is 9.85. The average Bonchev–Trinajstić information content (AvgIpc) is 3.18. The Morgan fingerprint density at radius 2 is 1.64 bits per heavy atom. The SMILES string of the molecule is O=C(Cc1ccccc1)NN1C(=O)[C@@H]2[C@H](C1=O)[C@@H]1C=C[C@@H]2O1. The normalized spacial score (nSPS) is 31.7. The lowest BCUT2D eigenvalue weighted by Gasteiger charge is -2.18. The topological polar surface area (TPSA) is 75.7 Å². The lowest BCUT2D eigenvalue weighted by Crippen LogP contribution is -2.48. The average molecular weight is 298 g/mol. The second kappa shape index (κ2) is 4.78. The summed E-state index contributed by atoms with van der Waals surface area (Å²) in [6, 6.07) is 9.17. The Labute approximate surface area is 126 Å². The van der Waals surface area contributed by atoms with Crippen LogP contribution in [0.4, 0.5) is 0 Å². The van der Waals surface area contributed by atoms with Crippen molar-refractivity contribution in [2.45, 2.75) is 18.6 Å². The van der Waals surface area contributed by atoms with Crippen LogP contribution in [0, 0.1) is 11.8 Å². The number of hydrazine groups is 1. The maximum absolute atomic E-state index is 12.4. The summed E-state index contributed by atoms with van der Waals surface area (Å²) in [4.78, 5) is 36.8. The van der Waals surface area contributed by atoms with Crippen molar-refractivity contribution >= 4 is 17.7 Å². The van der Waals surface area contributed by atoms with Gasteiger partial charge in [-0.05, 0) is 5.56 Å². The summed E-state index contributed by atoms with van der Waals surface area (Å²) < 4.78 is 5.54. The van der Waals surface area contributed by atoms with Crippen molar-refractivity contribution in [2.24, 2.45) is 11.8 Å². The number of benzene rings is 1. The number of nitrogens with zero attached hydrogens (tertiary/aromatic N) is 1. The van der Waals surface area contributed by atoms with Crippen molar-refractivity contribution < 1.29 is 19.1 Å². The number of carbonyl (C=O) groups is 3. The first-order valence-corrected chi connectivity index (χ1v) is 7.20. The van der Waals surface area contributed by atoms with Crippen LogP contribution in [-0.2, 0) is 25.5 Å². The number of imide groups is 1. The van der Waals surface area contributed by atoms with Gasteiger partial charge >= 0.3 is 0 Å². The number of rotatable bonds is 3. The van der Waals surface area contributed by atoms with Gasteiger partial charge < -0.3 is 4.74 Å². The Kier molecular flexibility index (Phi) is 2.87. The van der Waals surface area contributed by atoms with Crippen LogP contribution in [0.2, 0.25) is 0 Å². The molecule has 4 atom stereocenters. The van der Waals surface area contributed by atoms with E-state index in [1.54, 1.807) is 0 Å². The Balaban J connectivity index is 1.47. The Hall–Kier alpha value is -2.47. The molecule has 1 N–H and O–H groups in total. The number of fused-ring (bicyclic) bond motifs is 5. The van der Waals surface area contributed by atoms with Crippen molar-refractivity contribution in [3.05, 3.63) is 48.0 Å². The lowest BCUT2D eigenvalue weighted by molar-refractivity contribution is -0.151. The molecule has 3 amide bonds. The maximum atomic E-state index is 12.4. The molecule has 1 aromatic carbocycles. The molecule has 22 heavy (non-hydrogen) atoms. The minimum absolute atomic E-state index is 0.120. The van der Waals surface area contributed by atoms with Crippen LogP contribution in [0.3, 0.4) is 0 Å². The molecule has 0 unspecified atom stereocenters. The van der Waals surface area contributed by atoms with Gasteiger partial charge in [0.05, 0.1) is 30.5 Å². The minimum Gasteiger partial charge on any atom is -0.365 e.